The molecule has 0 amide bonds. The molecule has 108 valence electrons. The lowest BCUT2D eigenvalue weighted by Gasteiger charge is -2.14. The summed E-state index contributed by atoms with van der Waals surface area (Å²) in [4.78, 5) is 0. The third kappa shape index (κ3) is 4.22. The number of benzene rings is 1. The molecule has 1 aliphatic carbocycles. The van der Waals surface area contributed by atoms with E-state index in [1.807, 2.05) is 12.1 Å². The van der Waals surface area contributed by atoms with Crippen LogP contribution in [0.4, 0.5) is 0 Å². The highest BCUT2D eigenvalue weighted by atomic mass is 79.9. The molecule has 1 aromatic rings. The summed E-state index contributed by atoms with van der Waals surface area (Å²) in [7, 11) is 0. The Labute approximate surface area is 129 Å². The number of nitrogens with one attached hydrogen (secondary N) is 1. The molecule has 0 atom stereocenters. The third-order valence-electron chi connectivity index (χ3n) is 3.72. The van der Waals surface area contributed by atoms with E-state index >= 15 is 0 Å². The van der Waals surface area contributed by atoms with Gasteiger partial charge in [0.15, 0.2) is 0 Å². The molecule has 20 heavy (non-hydrogen) atoms. The van der Waals surface area contributed by atoms with Crippen molar-refractivity contribution in [3.05, 3.63) is 28.2 Å². The average molecular weight is 337 g/mol. The SMILES string of the molecule is CCCNCc1cc(OCC2(CC#N)CC2)ccc1Br. The van der Waals surface area contributed by atoms with Crippen LogP contribution in [-0.2, 0) is 6.54 Å². The van der Waals surface area contributed by atoms with Crippen molar-refractivity contribution in [2.24, 2.45) is 5.41 Å². The van der Waals surface area contributed by atoms with Crippen LogP contribution in [0.3, 0.4) is 0 Å². The zero-order chi connectivity index (χ0) is 14.4. The zero-order valence-electron chi connectivity index (χ0n) is 11.9. The largest absolute Gasteiger partial charge is 0.493 e. The van der Waals surface area contributed by atoms with E-state index in [0.717, 1.165) is 42.6 Å². The predicted molar refractivity (Wildman–Crippen MR) is 83.5 cm³/mol. The minimum absolute atomic E-state index is 0.127. The summed E-state index contributed by atoms with van der Waals surface area (Å²) in [5, 5.41) is 12.2. The van der Waals surface area contributed by atoms with Crippen molar-refractivity contribution >= 4 is 15.9 Å². The molecule has 0 bridgehead atoms. The van der Waals surface area contributed by atoms with Crippen LogP contribution in [0.25, 0.3) is 0 Å². The molecule has 4 heteroatoms. The van der Waals surface area contributed by atoms with Gasteiger partial charge >= 0.3 is 0 Å². The zero-order valence-corrected chi connectivity index (χ0v) is 13.5. The van der Waals surface area contributed by atoms with E-state index in [1.165, 1.54) is 5.56 Å². The summed E-state index contributed by atoms with van der Waals surface area (Å²) in [5.41, 5.74) is 1.34. The van der Waals surface area contributed by atoms with Gasteiger partial charge in [-0.05, 0) is 49.6 Å². The van der Waals surface area contributed by atoms with Crippen LogP contribution >= 0.6 is 15.9 Å². The van der Waals surface area contributed by atoms with Crippen LogP contribution in [0.15, 0.2) is 22.7 Å². The Bertz CT molecular complexity index is 492. The van der Waals surface area contributed by atoms with Crippen molar-refractivity contribution < 1.29 is 4.74 Å². The Balaban J connectivity index is 1.92. The summed E-state index contributed by atoms with van der Waals surface area (Å²) in [5.74, 6) is 0.894. The lowest BCUT2D eigenvalue weighted by atomic mass is 10.1. The molecule has 1 aliphatic rings. The maximum atomic E-state index is 8.82. The first-order chi connectivity index (χ1) is 9.69. The topological polar surface area (TPSA) is 45.0 Å². The molecule has 0 radical (unpaired) electrons. The smallest absolute Gasteiger partial charge is 0.119 e. The Morgan fingerprint density at radius 2 is 2.25 bits per heavy atom. The molecule has 1 N–H and O–H groups in total. The summed E-state index contributed by atoms with van der Waals surface area (Å²) < 4.78 is 6.99. The molecule has 1 aromatic carbocycles. The molecule has 0 aliphatic heterocycles. The van der Waals surface area contributed by atoms with E-state index in [4.69, 9.17) is 10.00 Å². The summed E-state index contributed by atoms with van der Waals surface area (Å²) in [6.07, 6.45) is 3.96. The molecule has 3 nitrogen and oxygen atoms in total. The first-order valence-corrected chi connectivity index (χ1v) is 7.97. The van der Waals surface area contributed by atoms with E-state index < -0.39 is 0 Å². The monoisotopic (exact) mass is 336 g/mol. The minimum atomic E-state index is 0.127. The standard InChI is InChI=1S/C16H21BrN2O/c1-2-9-19-11-13-10-14(3-4-15(13)17)20-12-16(5-6-16)7-8-18/h3-4,10,19H,2,5-7,9,11-12H2,1H3. The van der Waals surface area contributed by atoms with Crippen molar-refractivity contribution in [1.82, 2.24) is 5.32 Å². The molecule has 0 aromatic heterocycles. The highest BCUT2D eigenvalue weighted by Crippen LogP contribution is 2.48. The van der Waals surface area contributed by atoms with Crippen molar-refractivity contribution in [2.45, 2.75) is 39.2 Å². The second-order valence-electron chi connectivity index (χ2n) is 5.55. The van der Waals surface area contributed by atoms with E-state index in [9.17, 15) is 0 Å². The van der Waals surface area contributed by atoms with Gasteiger partial charge in [-0.1, -0.05) is 22.9 Å². The quantitative estimate of drug-likeness (QED) is 0.729. The van der Waals surface area contributed by atoms with Crippen LogP contribution < -0.4 is 10.1 Å². The molecule has 0 unspecified atom stereocenters. The summed E-state index contributed by atoms with van der Waals surface area (Å²) in [6, 6.07) is 8.35. The van der Waals surface area contributed by atoms with Gasteiger partial charge in [0.1, 0.15) is 5.75 Å². The molecule has 1 fully saturated rings. The van der Waals surface area contributed by atoms with Gasteiger partial charge < -0.3 is 10.1 Å². The van der Waals surface area contributed by atoms with Crippen molar-refractivity contribution in [2.75, 3.05) is 13.2 Å². The number of hydrogen-bond acceptors (Lipinski definition) is 3. The highest BCUT2D eigenvalue weighted by Gasteiger charge is 2.43. The maximum Gasteiger partial charge on any atom is 0.119 e. The fraction of sp³-hybridized carbons (Fsp3) is 0.562. The third-order valence-corrected chi connectivity index (χ3v) is 4.49. The molecular weight excluding hydrogens is 316 g/mol. The van der Waals surface area contributed by atoms with Gasteiger partial charge in [0.2, 0.25) is 0 Å². The van der Waals surface area contributed by atoms with E-state index in [2.05, 4.69) is 40.3 Å². The Morgan fingerprint density at radius 1 is 1.45 bits per heavy atom. The average Bonchev–Trinajstić information content (AvgIpc) is 3.20. The second kappa shape index (κ2) is 7.10. The molecular formula is C16H21BrN2O. The van der Waals surface area contributed by atoms with Gasteiger partial charge in [-0.15, -0.1) is 0 Å². The second-order valence-corrected chi connectivity index (χ2v) is 6.41. The van der Waals surface area contributed by atoms with Crippen LogP contribution in [0.1, 0.15) is 38.2 Å². The Hall–Kier alpha value is -1.05. The highest BCUT2D eigenvalue weighted by molar-refractivity contribution is 9.10. The van der Waals surface area contributed by atoms with E-state index in [1.54, 1.807) is 0 Å². The fourth-order valence-corrected chi connectivity index (χ4v) is 2.52. The van der Waals surface area contributed by atoms with Crippen molar-refractivity contribution in [3.8, 4) is 11.8 Å². The van der Waals surface area contributed by atoms with Gasteiger partial charge in [-0.2, -0.15) is 5.26 Å². The van der Waals surface area contributed by atoms with E-state index in [-0.39, 0.29) is 5.41 Å². The molecule has 0 saturated heterocycles. The van der Waals surface area contributed by atoms with Crippen LogP contribution in [0.2, 0.25) is 0 Å². The Kier molecular flexibility index (Phi) is 5.45. The van der Waals surface area contributed by atoms with Crippen molar-refractivity contribution in [1.29, 1.82) is 5.26 Å². The van der Waals surface area contributed by atoms with Gasteiger partial charge in [-0.25, -0.2) is 0 Å². The lowest BCUT2D eigenvalue weighted by Crippen LogP contribution is -2.15. The maximum absolute atomic E-state index is 8.82. The number of nitrogens with zero attached hydrogens (tertiary/aromatic N) is 1. The van der Waals surface area contributed by atoms with Crippen molar-refractivity contribution in [3.63, 3.8) is 0 Å². The molecule has 0 spiro atoms. The number of halogens is 1. The molecule has 2 rings (SSSR count). The van der Waals surface area contributed by atoms with E-state index in [0.29, 0.717) is 13.0 Å². The summed E-state index contributed by atoms with van der Waals surface area (Å²) >= 11 is 3.57. The number of rotatable bonds is 8. The lowest BCUT2D eigenvalue weighted by molar-refractivity contribution is 0.236. The predicted octanol–water partition coefficient (Wildman–Crippen LogP) is 4.02. The number of nitriles is 1. The first-order valence-electron chi connectivity index (χ1n) is 7.18. The fourth-order valence-electron chi connectivity index (χ4n) is 2.13. The van der Waals surface area contributed by atoms with Crippen LogP contribution in [0.5, 0.6) is 5.75 Å². The normalized spacial score (nSPS) is 15.7. The van der Waals surface area contributed by atoms with Gasteiger partial charge in [0.25, 0.3) is 0 Å². The number of ether oxygens (including phenoxy) is 1. The Morgan fingerprint density at radius 3 is 2.90 bits per heavy atom. The first kappa shape index (κ1) is 15.3. The van der Waals surface area contributed by atoms with Gasteiger partial charge in [0, 0.05) is 22.9 Å². The van der Waals surface area contributed by atoms with Crippen LogP contribution in [-0.4, -0.2) is 13.2 Å². The number of hydrogen-bond donors (Lipinski definition) is 1. The summed E-state index contributed by atoms with van der Waals surface area (Å²) in [6.45, 7) is 4.67. The van der Waals surface area contributed by atoms with Gasteiger partial charge in [0.05, 0.1) is 12.7 Å². The minimum Gasteiger partial charge on any atom is -0.493 e. The molecule has 1 saturated carbocycles. The van der Waals surface area contributed by atoms with Crippen LogP contribution in [0, 0.1) is 16.7 Å². The van der Waals surface area contributed by atoms with Gasteiger partial charge in [-0.3, -0.25) is 0 Å². The molecule has 0 heterocycles.